The fourth-order valence-corrected chi connectivity index (χ4v) is 7.56. The van der Waals surface area contributed by atoms with Gasteiger partial charge in [0.25, 0.3) is 0 Å². The third-order valence-electron chi connectivity index (χ3n) is 9.13. The normalized spacial score (nSPS) is 48.7. The summed E-state index contributed by atoms with van der Waals surface area (Å²) < 4.78 is 5.51. The van der Waals surface area contributed by atoms with Crippen molar-refractivity contribution in [3.05, 3.63) is 11.6 Å². The topological polar surface area (TPSA) is 63.6 Å². The number of carbonyl (C=O) groups is 2. The number of fused-ring (bicyclic) bond motifs is 5. The van der Waals surface area contributed by atoms with Crippen molar-refractivity contribution in [2.75, 3.05) is 0 Å². The number of ether oxygens (including phenoxy) is 1. The van der Waals surface area contributed by atoms with Crippen LogP contribution < -0.4 is 0 Å². The molecule has 4 rings (SSSR count). The lowest BCUT2D eigenvalue weighted by atomic mass is 9.47. The lowest BCUT2D eigenvalue weighted by Gasteiger charge is -2.58. The van der Waals surface area contributed by atoms with E-state index in [9.17, 15) is 14.7 Å². The summed E-state index contributed by atoms with van der Waals surface area (Å²) in [6, 6.07) is 0. The maximum atomic E-state index is 12.3. The van der Waals surface area contributed by atoms with Gasteiger partial charge in [-0.3, -0.25) is 9.59 Å². The number of ketones is 1. The van der Waals surface area contributed by atoms with Crippen molar-refractivity contribution in [2.45, 2.75) is 90.8 Å². The molecule has 0 aromatic heterocycles. The van der Waals surface area contributed by atoms with Crippen molar-refractivity contribution in [1.29, 1.82) is 0 Å². The number of Topliss-reactive ketones (excluding diaryl/α,β-unsaturated/α-hetero) is 1. The van der Waals surface area contributed by atoms with Gasteiger partial charge in [-0.2, -0.15) is 0 Å². The predicted molar refractivity (Wildman–Crippen MR) is 103 cm³/mol. The Hall–Kier alpha value is -1.16. The molecule has 0 amide bonds. The first kappa shape index (κ1) is 19.2. The highest BCUT2D eigenvalue weighted by atomic mass is 16.5. The minimum Gasteiger partial charge on any atom is -0.462 e. The van der Waals surface area contributed by atoms with Crippen LogP contribution in [0.5, 0.6) is 0 Å². The molecule has 4 aliphatic rings. The van der Waals surface area contributed by atoms with Crippen LogP contribution in [0.1, 0.15) is 79.1 Å². The van der Waals surface area contributed by atoms with Gasteiger partial charge in [0.15, 0.2) is 5.78 Å². The summed E-state index contributed by atoms with van der Waals surface area (Å²) in [6.07, 6.45) is 9.96. The fraction of sp³-hybridized carbons (Fsp3) is 0.826. The van der Waals surface area contributed by atoms with Crippen LogP contribution in [0.4, 0.5) is 0 Å². The van der Waals surface area contributed by atoms with Crippen LogP contribution in [0.15, 0.2) is 11.6 Å². The highest BCUT2D eigenvalue weighted by Gasteiger charge is 2.65. The van der Waals surface area contributed by atoms with Gasteiger partial charge in [0, 0.05) is 18.8 Å². The summed E-state index contributed by atoms with van der Waals surface area (Å²) in [7, 11) is 0. The van der Waals surface area contributed by atoms with Crippen LogP contribution in [-0.4, -0.2) is 28.6 Å². The van der Waals surface area contributed by atoms with E-state index in [0.717, 1.165) is 44.9 Å². The van der Waals surface area contributed by atoms with Gasteiger partial charge in [-0.05, 0) is 75.0 Å². The van der Waals surface area contributed by atoms with E-state index in [-0.39, 0.29) is 28.7 Å². The van der Waals surface area contributed by atoms with Crippen LogP contribution in [-0.2, 0) is 14.3 Å². The molecular formula is C23H34O4. The number of allylic oxidation sites excluding steroid dienone is 1. The number of rotatable bonds is 2. The van der Waals surface area contributed by atoms with Crippen molar-refractivity contribution in [1.82, 2.24) is 0 Å². The van der Waals surface area contributed by atoms with Gasteiger partial charge in [-0.15, -0.1) is 0 Å². The van der Waals surface area contributed by atoms with E-state index in [1.807, 2.05) is 0 Å². The minimum atomic E-state index is -1.14. The van der Waals surface area contributed by atoms with Crippen molar-refractivity contribution >= 4 is 11.8 Å². The van der Waals surface area contributed by atoms with E-state index in [2.05, 4.69) is 19.9 Å². The zero-order valence-electron chi connectivity index (χ0n) is 17.2. The smallest absolute Gasteiger partial charge is 0.302 e. The van der Waals surface area contributed by atoms with Gasteiger partial charge in [0.2, 0.25) is 0 Å². The first-order chi connectivity index (χ1) is 12.6. The Labute approximate surface area is 162 Å². The van der Waals surface area contributed by atoms with Gasteiger partial charge < -0.3 is 9.84 Å². The highest BCUT2D eigenvalue weighted by molar-refractivity contribution is 5.86. The lowest BCUT2D eigenvalue weighted by molar-refractivity contribution is -0.160. The molecule has 150 valence electrons. The van der Waals surface area contributed by atoms with E-state index in [0.29, 0.717) is 24.2 Å². The van der Waals surface area contributed by atoms with E-state index < -0.39 is 5.60 Å². The van der Waals surface area contributed by atoms with Gasteiger partial charge in [0.1, 0.15) is 11.7 Å². The molecule has 0 aliphatic heterocycles. The maximum absolute atomic E-state index is 12.3. The molecule has 1 N–H and O–H groups in total. The molecule has 4 aliphatic carbocycles. The van der Waals surface area contributed by atoms with Crippen molar-refractivity contribution in [3.8, 4) is 0 Å². The number of aliphatic hydroxyl groups is 1. The molecule has 0 radical (unpaired) electrons. The molecule has 0 unspecified atom stereocenters. The third-order valence-corrected chi connectivity index (χ3v) is 9.13. The van der Waals surface area contributed by atoms with Crippen LogP contribution in [0, 0.1) is 28.6 Å². The molecule has 0 aromatic rings. The molecule has 0 heterocycles. The predicted octanol–water partition coefficient (Wildman–Crippen LogP) is 4.20. The summed E-state index contributed by atoms with van der Waals surface area (Å²) in [4.78, 5) is 23.7. The van der Waals surface area contributed by atoms with Gasteiger partial charge in [-0.1, -0.05) is 25.5 Å². The van der Waals surface area contributed by atoms with Crippen LogP contribution in [0.3, 0.4) is 0 Å². The Kier molecular flexibility index (Phi) is 4.38. The summed E-state index contributed by atoms with van der Waals surface area (Å²) >= 11 is 0. The molecule has 0 aromatic carbocycles. The Morgan fingerprint density at radius 1 is 1.07 bits per heavy atom. The third kappa shape index (κ3) is 2.58. The Morgan fingerprint density at radius 3 is 2.44 bits per heavy atom. The molecule has 27 heavy (non-hydrogen) atoms. The van der Waals surface area contributed by atoms with Crippen molar-refractivity contribution in [3.63, 3.8) is 0 Å². The average molecular weight is 375 g/mol. The second kappa shape index (κ2) is 6.17. The summed E-state index contributed by atoms with van der Waals surface area (Å²) in [6.45, 7) is 7.64. The molecule has 3 fully saturated rings. The summed E-state index contributed by atoms with van der Waals surface area (Å²) in [5.41, 5.74) is 0.235. The van der Waals surface area contributed by atoms with Crippen molar-refractivity contribution in [2.24, 2.45) is 28.6 Å². The Morgan fingerprint density at radius 2 is 1.78 bits per heavy atom. The van der Waals surface area contributed by atoms with Crippen LogP contribution in [0.25, 0.3) is 0 Å². The molecule has 0 spiro atoms. The first-order valence-corrected chi connectivity index (χ1v) is 10.7. The molecule has 4 heteroatoms. The molecule has 3 saturated carbocycles. The van der Waals surface area contributed by atoms with E-state index in [4.69, 9.17) is 4.74 Å². The maximum Gasteiger partial charge on any atom is 0.302 e. The SMILES string of the molecule is CC(=O)O[C@H]1CC[C@@]2(C)C(=CC[C@H]3[C@H]2CC[C@@]2(C)[C@@H]3CC[C@]2(O)C(C)=O)C1. The first-order valence-electron chi connectivity index (χ1n) is 10.7. The largest absolute Gasteiger partial charge is 0.462 e. The zero-order valence-corrected chi connectivity index (χ0v) is 17.2. The number of hydrogen-bond acceptors (Lipinski definition) is 4. The van der Waals surface area contributed by atoms with Gasteiger partial charge in [-0.25, -0.2) is 0 Å². The molecule has 0 bridgehead atoms. The lowest BCUT2D eigenvalue weighted by Crippen LogP contribution is -2.57. The molecule has 4 nitrogen and oxygen atoms in total. The average Bonchev–Trinajstić information content (AvgIpc) is 2.87. The second-order valence-corrected chi connectivity index (χ2v) is 10.1. The zero-order chi connectivity index (χ0) is 19.6. The fourth-order valence-electron chi connectivity index (χ4n) is 7.56. The summed E-state index contributed by atoms with van der Waals surface area (Å²) in [5.74, 6) is 1.36. The van der Waals surface area contributed by atoms with Gasteiger partial charge >= 0.3 is 5.97 Å². The van der Waals surface area contributed by atoms with E-state index >= 15 is 0 Å². The quantitative estimate of drug-likeness (QED) is 0.581. The standard InChI is InChI=1S/C23H34O4/c1-14(24)23(26)12-9-20-18-6-5-16-13-17(27-15(2)25)7-10-21(16,3)19(18)8-11-22(20,23)4/h5,17-20,26H,6-13H2,1-4H3/t17-,18-,19+,20+,21-,22-,23-/m0/s1. The van der Waals surface area contributed by atoms with Crippen LogP contribution >= 0.6 is 0 Å². The monoisotopic (exact) mass is 374 g/mol. The Bertz CT molecular complexity index is 696. The number of carbonyl (C=O) groups excluding carboxylic acids is 2. The van der Waals surface area contributed by atoms with E-state index in [1.165, 1.54) is 12.5 Å². The molecule has 0 saturated heterocycles. The van der Waals surface area contributed by atoms with Gasteiger partial charge in [0.05, 0.1) is 0 Å². The molecule has 7 atom stereocenters. The highest BCUT2D eigenvalue weighted by Crippen LogP contribution is 2.67. The summed E-state index contributed by atoms with van der Waals surface area (Å²) in [5, 5.41) is 11.2. The number of hydrogen-bond donors (Lipinski definition) is 1. The number of esters is 1. The minimum absolute atomic E-state index is 0.0292. The van der Waals surface area contributed by atoms with E-state index in [1.54, 1.807) is 6.92 Å². The van der Waals surface area contributed by atoms with Crippen LogP contribution in [0.2, 0.25) is 0 Å². The second-order valence-electron chi connectivity index (χ2n) is 10.1. The molecular weight excluding hydrogens is 340 g/mol. The van der Waals surface area contributed by atoms with Crippen molar-refractivity contribution < 1.29 is 19.4 Å². The Balaban J connectivity index is 1.61.